The highest BCUT2D eigenvalue weighted by Crippen LogP contribution is 2.41. The number of carboxylic acids is 1. The van der Waals surface area contributed by atoms with Gasteiger partial charge >= 0.3 is 5.97 Å². The van der Waals surface area contributed by atoms with E-state index in [1.165, 1.54) is 27.3 Å². The Morgan fingerprint density at radius 3 is 1.40 bits per heavy atom. The van der Waals surface area contributed by atoms with Crippen LogP contribution in [0.4, 0.5) is 26.3 Å². The van der Waals surface area contributed by atoms with Gasteiger partial charge in [-0.1, -0.05) is 0 Å². The summed E-state index contributed by atoms with van der Waals surface area (Å²) in [5.41, 5.74) is 4.90. The maximum absolute atomic E-state index is 13.9. The number of rotatable bonds is 6. The summed E-state index contributed by atoms with van der Waals surface area (Å²) in [6.45, 7) is 0.321. The number of hydrogen-bond donors (Lipinski definition) is 4. The molecule has 0 spiro atoms. The predicted octanol–water partition coefficient (Wildman–Crippen LogP) is 7.21. The highest BCUT2D eigenvalue weighted by molar-refractivity contribution is 9.10. The number of aliphatic hydroxyl groups is 2. The van der Waals surface area contributed by atoms with Gasteiger partial charge in [-0.3, -0.25) is 4.79 Å². The molecule has 2 aliphatic heterocycles. The van der Waals surface area contributed by atoms with E-state index in [1.54, 1.807) is 0 Å². The van der Waals surface area contributed by atoms with E-state index in [9.17, 15) is 51.3 Å². The third-order valence-corrected chi connectivity index (χ3v) is 10.3. The van der Waals surface area contributed by atoms with Crippen molar-refractivity contribution >= 4 is 43.7 Å². The number of halogens is 8. The standard InChI is InChI=1S/C19H13BrF3N3O3.C19H12BrF3N2O4/c20-12-6-11-14(7-13(12)23)29-2-1-26-16(15(18(24)28)25-19(11)26)17(27)8-3-9(21)5-10(22)4-8;20-12-6-11-14(7-13(12)23)29-2-1-25-16(15(19(27)28)24-18(11)25)17(26)8-3-9(21)5-10(22)4-8/h3-7,17,27H,1-2H2,(H2,24,28);3-7,17,26H,1-2H2,(H,27,28). The smallest absolute Gasteiger partial charge is 0.356 e. The normalized spacial score (nSPS) is 13.8. The number of nitrogens with two attached hydrogens (primary N) is 1. The fourth-order valence-corrected chi connectivity index (χ4v) is 7.30. The van der Waals surface area contributed by atoms with Gasteiger partial charge in [0.05, 0.1) is 44.5 Å². The molecule has 6 aromatic rings. The van der Waals surface area contributed by atoms with Crippen LogP contribution < -0.4 is 15.2 Å². The Morgan fingerprint density at radius 1 is 0.638 bits per heavy atom. The van der Waals surface area contributed by atoms with Crippen LogP contribution in [0.2, 0.25) is 0 Å². The predicted molar refractivity (Wildman–Crippen MR) is 198 cm³/mol. The number of carbonyl (C=O) groups is 2. The Kier molecular flexibility index (Phi) is 11.1. The number of nitrogens with zero attached hydrogens (tertiary/aromatic N) is 4. The lowest BCUT2D eigenvalue weighted by molar-refractivity contribution is 0.0684. The molecule has 0 radical (unpaired) electrons. The summed E-state index contributed by atoms with van der Waals surface area (Å²) in [5, 5.41) is 31.2. The molecule has 1 amide bonds. The van der Waals surface area contributed by atoms with Gasteiger partial charge in [0.25, 0.3) is 5.91 Å². The molecule has 2 aromatic heterocycles. The number of aromatic carboxylic acids is 1. The molecule has 58 heavy (non-hydrogen) atoms. The van der Waals surface area contributed by atoms with E-state index in [1.807, 2.05) is 0 Å². The number of aromatic nitrogens is 4. The van der Waals surface area contributed by atoms with E-state index >= 15 is 0 Å². The van der Waals surface area contributed by atoms with Gasteiger partial charge in [0.2, 0.25) is 0 Å². The zero-order valence-corrected chi connectivity index (χ0v) is 32.3. The Bertz CT molecular complexity index is 2440. The average Bonchev–Trinajstić information content (AvgIpc) is 3.62. The number of amides is 1. The minimum atomic E-state index is -1.67. The highest BCUT2D eigenvalue weighted by Gasteiger charge is 2.33. The second kappa shape index (κ2) is 15.9. The first kappa shape index (κ1) is 40.5. The molecule has 0 bridgehead atoms. The van der Waals surface area contributed by atoms with Gasteiger partial charge in [-0.05, 0) is 79.4 Å². The minimum absolute atomic E-state index is 0.0330. The number of carboxylic acid groups (broad SMARTS) is 1. The van der Waals surface area contributed by atoms with Gasteiger partial charge in [0.1, 0.15) is 83.5 Å². The summed E-state index contributed by atoms with van der Waals surface area (Å²) in [7, 11) is 0. The van der Waals surface area contributed by atoms with Crippen molar-refractivity contribution in [1.82, 2.24) is 19.1 Å². The largest absolute Gasteiger partial charge is 0.491 e. The third-order valence-electron chi connectivity index (χ3n) is 9.04. The van der Waals surface area contributed by atoms with Crippen molar-refractivity contribution in [3.05, 3.63) is 138 Å². The van der Waals surface area contributed by atoms with Gasteiger partial charge in [0, 0.05) is 24.3 Å². The molecular weight excluding hydrogens is 912 g/mol. The van der Waals surface area contributed by atoms with Crippen LogP contribution in [0.5, 0.6) is 11.5 Å². The van der Waals surface area contributed by atoms with Crippen LogP contribution in [0, 0.1) is 34.9 Å². The summed E-state index contributed by atoms with van der Waals surface area (Å²) in [4.78, 5) is 32.1. The molecule has 0 aliphatic carbocycles. The summed E-state index contributed by atoms with van der Waals surface area (Å²) in [6.07, 6.45) is -3.26. The second-order valence-corrected chi connectivity index (χ2v) is 14.5. The number of primary amides is 1. The van der Waals surface area contributed by atoms with Crippen molar-refractivity contribution in [2.75, 3.05) is 13.2 Å². The van der Waals surface area contributed by atoms with Crippen molar-refractivity contribution in [1.29, 1.82) is 0 Å². The second-order valence-electron chi connectivity index (χ2n) is 12.7. The van der Waals surface area contributed by atoms with Crippen molar-refractivity contribution in [3.8, 4) is 34.3 Å². The summed E-state index contributed by atoms with van der Waals surface area (Å²) < 4.78 is 96.6. The number of fused-ring (bicyclic) bond motifs is 6. The average molecular weight is 937 g/mol. The number of imidazole rings is 2. The molecule has 0 saturated carbocycles. The number of hydrogen-bond acceptors (Lipinski definition) is 8. The van der Waals surface area contributed by atoms with E-state index in [-0.39, 0.29) is 86.6 Å². The monoisotopic (exact) mass is 935 g/mol. The molecule has 8 rings (SSSR count). The number of ether oxygens (including phenoxy) is 2. The molecule has 2 unspecified atom stereocenters. The molecule has 0 fully saturated rings. The van der Waals surface area contributed by atoms with Gasteiger partial charge in [0.15, 0.2) is 11.4 Å². The molecule has 5 N–H and O–H groups in total. The van der Waals surface area contributed by atoms with E-state index < -0.39 is 64.7 Å². The van der Waals surface area contributed by atoms with Crippen LogP contribution in [-0.4, -0.2) is 59.5 Å². The van der Waals surface area contributed by atoms with Crippen molar-refractivity contribution in [3.63, 3.8) is 0 Å². The van der Waals surface area contributed by atoms with Gasteiger partial charge < -0.3 is 39.7 Å². The lowest BCUT2D eigenvalue weighted by Gasteiger charge is -2.16. The van der Waals surface area contributed by atoms with Crippen molar-refractivity contribution in [2.45, 2.75) is 25.3 Å². The van der Waals surface area contributed by atoms with E-state index in [0.717, 1.165) is 30.3 Å². The summed E-state index contributed by atoms with van der Waals surface area (Å²) in [6, 6.07) is 10.2. The van der Waals surface area contributed by atoms with E-state index in [2.05, 4.69) is 41.8 Å². The van der Waals surface area contributed by atoms with E-state index in [4.69, 9.17) is 15.2 Å². The topological polar surface area (TPSA) is 175 Å². The molecular formula is C38H25Br2F6N5O7. The number of benzene rings is 4. The zero-order chi connectivity index (χ0) is 41.7. The quantitative estimate of drug-likeness (QED) is 0.126. The Hall–Kier alpha value is -5.70. The molecule has 2 aliphatic rings. The molecule has 4 heterocycles. The van der Waals surface area contributed by atoms with E-state index in [0.29, 0.717) is 23.3 Å². The lowest BCUT2D eigenvalue weighted by Crippen LogP contribution is -2.19. The summed E-state index contributed by atoms with van der Waals surface area (Å²) in [5.74, 6) is -6.40. The van der Waals surface area contributed by atoms with Crippen LogP contribution >= 0.6 is 31.9 Å². The molecule has 2 atom stereocenters. The first-order valence-corrected chi connectivity index (χ1v) is 18.4. The molecule has 4 aromatic carbocycles. The lowest BCUT2D eigenvalue weighted by atomic mass is 10.0. The van der Waals surface area contributed by atoms with Gasteiger partial charge in [-0.25, -0.2) is 41.1 Å². The maximum Gasteiger partial charge on any atom is 0.356 e. The number of carbonyl (C=O) groups excluding carboxylic acids is 1. The molecule has 12 nitrogen and oxygen atoms in total. The Balaban J connectivity index is 0.000000177. The van der Waals surface area contributed by atoms with Crippen molar-refractivity contribution in [2.24, 2.45) is 5.73 Å². The summed E-state index contributed by atoms with van der Waals surface area (Å²) >= 11 is 6.17. The van der Waals surface area contributed by atoms with Crippen LogP contribution in [0.25, 0.3) is 22.8 Å². The first-order valence-electron chi connectivity index (χ1n) is 16.8. The Labute approximate surface area is 339 Å². The fourth-order valence-electron chi connectivity index (χ4n) is 6.61. The Morgan fingerprint density at radius 2 is 1.02 bits per heavy atom. The fraction of sp³-hybridized carbons (Fsp3) is 0.158. The maximum atomic E-state index is 13.9. The van der Waals surface area contributed by atoms with Crippen LogP contribution in [0.1, 0.15) is 55.7 Å². The minimum Gasteiger partial charge on any atom is -0.491 e. The van der Waals surface area contributed by atoms with Gasteiger partial charge in [-0.2, -0.15) is 0 Å². The molecule has 20 heteroatoms. The van der Waals surface area contributed by atoms with Crippen LogP contribution in [0.15, 0.2) is 69.6 Å². The molecule has 300 valence electrons. The molecule has 0 saturated heterocycles. The van der Waals surface area contributed by atoms with Crippen molar-refractivity contribution < 1.29 is 60.7 Å². The highest BCUT2D eigenvalue weighted by atomic mass is 79.9. The zero-order valence-electron chi connectivity index (χ0n) is 29.1. The van der Waals surface area contributed by atoms with Gasteiger partial charge in [-0.15, -0.1) is 0 Å². The van der Waals surface area contributed by atoms with Crippen LogP contribution in [-0.2, 0) is 13.1 Å². The third kappa shape index (κ3) is 7.66. The first-order chi connectivity index (χ1) is 27.5. The van der Waals surface area contributed by atoms with Crippen LogP contribution in [0.3, 0.4) is 0 Å². The number of aliphatic hydroxyl groups excluding tert-OH is 2. The SMILES string of the molecule is NC(=O)c1nc2n(c1C(O)c1cc(F)cc(F)c1)CCOc1cc(F)c(Br)cc1-2.O=C(O)c1nc2n(c1C(O)c1cc(F)cc(F)c1)CCOc1cc(F)c(Br)cc1-2.